The molecule has 1 nitrogen and oxygen atoms in total. The topological polar surface area (TPSA) is 26.0 Å². The van der Waals surface area contributed by atoms with Gasteiger partial charge >= 0.3 is 0 Å². The molecule has 2 rings (SSSR count). The van der Waals surface area contributed by atoms with E-state index in [9.17, 15) is 0 Å². The summed E-state index contributed by atoms with van der Waals surface area (Å²) in [6, 6.07) is 3.66. The van der Waals surface area contributed by atoms with Gasteiger partial charge in [-0.2, -0.15) is 11.8 Å². The van der Waals surface area contributed by atoms with Gasteiger partial charge in [-0.05, 0) is 23.3 Å². The zero-order valence-electron chi connectivity index (χ0n) is 7.76. The summed E-state index contributed by atoms with van der Waals surface area (Å²) < 4.78 is 0. The average molecular weight is 248 g/mol. The van der Waals surface area contributed by atoms with Crippen LogP contribution in [0, 0.1) is 0 Å². The lowest BCUT2D eigenvalue weighted by Crippen LogP contribution is -2.26. The third-order valence-corrected chi connectivity index (χ3v) is 4.53. The summed E-state index contributed by atoms with van der Waals surface area (Å²) in [6.45, 7) is 2.12. The molecule has 0 spiro atoms. The molecule has 4 heteroatoms. The standard InChI is InChI=1S/C10H11Cl2NS/c1-5-10(13)9-6(4-14-5)7(11)2-3-8(9)12/h2-3,5,10H,4,13H2,1H3. The highest BCUT2D eigenvalue weighted by Crippen LogP contribution is 2.42. The number of hydrogen-bond donors (Lipinski definition) is 1. The molecule has 0 saturated heterocycles. The third kappa shape index (κ3) is 1.65. The molecule has 1 heterocycles. The fraction of sp³-hybridized carbons (Fsp3) is 0.400. The molecule has 2 N–H and O–H groups in total. The monoisotopic (exact) mass is 247 g/mol. The van der Waals surface area contributed by atoms with Gasteiger partial charge in [0.15, 0.2) is 0 Å². The molecule has 2 unspecified atom stereocenters. The summed E-state index contributed by atoms with van der Waals surface area (Å²) in [5, 5.41) is 1.92. The van der Waals surface area contributed by atoms with Crippen molar-refractivity contribution in [2.75, 3.05) is 0 Å². The lowest BCUT2D eigenvalue weighted by molar-refractivity contribution is 0.699. The van der Waals surface area contributed by atoms with E-state index in [1.807, 2.05) is 23.9 Å². The maximum absolute atomic E-state index is 6.13. The number of halogens is 2. The number of fused-ring (bicyclic) bond motifs is 1. The highest BCUT2D eigenvalue weighted by molar-refractivity contribution is 7.99. The molecule has 0 bridgehead atoms. The SMILES string of the molecule is CC1SCc2c(Cl)ccc(Cl)c2C1N. The van der Waals surface area contributed by atoms with Gasteiger partial charge in [0.2, 0.25) is 0 Å². The summed E-state index contributed by atoms with van der Waals surface area (Å²) in [5.74, 6) is 0.906. The molecular formula is C10H11Cl2NS. The number of nitrogens with two attached hydrogens (primary N) is 1. The van der Waals surface area contributed by atoms with Crippen LogP contribution in [0.25, 0.3) is 0 Å². The van der Waals surface area contributed by atoms with E-state index in [-0.39, 0.29) is 6.04 Å². The molecule has 0 radical (unpaired) electrons. The zero-order valence-corrected chi connectivity index (χ0v) is 10.1. The van der Waals surface area contributed by atoms with Crippen molar-refractivity contribution in [2.45, 2.75) is 24.0 Å². The molecular weight excluding hydrogens is 237 g/mol. The maximum Gasteiger partial charge on any atom is 0.0458 e. The summed E-state index contributed by atoms with van der Waals surface area (Å²) in [7, 11) is 0. The van der Waals surface area contributed by atoms with Crippen LogP contribution in [0.2, 0.25) is 10.0 Å². The molecule has 1 aromatic carbocycles. The van der Waals surface area contributed by atoms with Crippen molar-refractivity contribution >= 4 is 35.0 Å². The molecule has 14 heavy (non-hydrogen) atoms. The lowest BCUT2D eigenvalue weighted by atomic mass is 9.99. The molecule has 0 aliphatic carbocycles. The van der Waals surface area contributed by atoms with Gasteiger partial charge in [0.25, 0.3) is 0 Å². The third-order valence-electron chi connectivity index (χ3n) is 2.58. The van der Waals surface area contributed by atoms with Crippen molar-refractivity contribution in [1.82, 2.24) is 0 Å². The van der Waals surface area contributed by atoms with Crippen LogP contribution in [0.3, 0.4) is 0 Å². The summed E-state index contributed by atoms with van der Waals surface area (Å²) in [6.07, 6.45) is 0. The fourth-order valence-electron chi connectivity index (χ4n) is 1.67. The Labute approximate surface area is 98.0 Å². The van der Waals surface area contributed by atoms with Crippen LogP contribution in [-0.4, -0.2) is 5.25 Å². The van der Waals surface area contributed by atoms with Gasteiger partial charge in [-0.3, -0.25) is 0 Å². The van der Waals surface area contributed by atoms with Crippen molar-refractivity contribution in [3.63, 3.8) is 0 Å². The molecule has 1 aromatic rings. The Morgan fingerprint density at radius 3 is 2.71 bits per heavy atom. The van der Waals surface area contributed by atoms with E-state index >= 15 is 0 Å². The first-order valence-corrected chi connectivity index (χ1v) is 6.25. The van der Waals surface area contributed by atoms with Gasteiger partial charge in [-0.1, -0.05) is 30.1 Å². The minimum Gasteiger partial charge on any atom is -0.323 e. The second-order valence-corrected chi connectivity index (χ2v) is 5.64. The summed E-state index contributed by atoms with van der Waals surface area (Å²) in [4.78, 5) is 0. The molecule has 0 fully saturated rings. The van der Waals surface area contributed by atoms with E-state index in [2.05, 4.69) is 6.92 Å². The Balaban J connectivity index is 2.58. The van der Waals surface area contributed by atoms with Crippen molar-refractivity contribution in [3.8, 4) is 0 Å². The van der Waals surface area contributed by atoms with Crippen molar-refractivity contribution in [2.24, 2.45) is 5.73 Å². The van der Waals surface area contributed by atoms with Crippen LogP contribution in [0.5, 0.6) is 0 Å². The molecule has 0 saturated carbocycles. The van der Waals surface area contributed by atoms with Crippen LogP contribution in [0.1, 0.15) is 24.1 Å². The Hall–Kier alpha value is 0.110. The minimum atomic E-state index is -0.00468. The largest absolute Gasteiger partial charge is 0.323 e. The quantitative estimate of drug-likeness (QED) is 0.758. The van der Waals surface area contributed by atoms with Crippen molar-refractivity contribution in [1.29, 1.82) is 0 Å². The molecule has 0 aromatic heterocycles. The fourth-order valence-corrected chi connectivity index (χ4v) is 3.37. The lowest BCUT2D eigenvalue weighted by Gasteiger charge is -2.29. The van der Waals surface area contributed by atoms with Gasteiger partial charge in [-0.25, -0.2) is 0 Å². The molecule has 2 atom stereocenters. The molecule has 1 aliphatic rings. The minimum absolute atomic E-state index is 0.00468. The van der Waals surface area contributed by atoms with Gasteiger partial charge in [0.1, 0.15) is 0 Å². The number of rotatable bonds is 0. The second-order valence-electron chi connectivity index (χ2n) is 3.46. The van der Waals surface area contributed by atoms with E-state index in [0.717, 1.165) is 26.9 Å². The molecule has 0 amide bonds. The second kappa shape index (κ2) is 3.93. The average Bonchev–Trinajstić information content (AvgIpc) is 2.16. The Morgan fingerprint density at radius 2 is 2.00 bits per heavy atom. The Kier molecular flexibility index (Phi) is 2.98. The van der Waals surface area contributed by atoms with Crippen molar-refractivity contribution < 1.29 is 0 Å². The predicted octanol–water partition coefficient (Wildman–Crippen LogP) is 3.63. The molecule has 76 valence electrons. The Bertz CT molecular complexity index is 367. The number of benzene rings is 1. The first-order valence-electron chi connectivity index (χ1n) is 4.45. The van der Waals surface area contributed by atoms with Crippen molar-refractivity contribution in [3.05, 3.63) is 33.3 Å². The first-order chi connectivity index (χ1) is 6.61. The van der Waals surface area contributed by atoms with Gasteiger partial charge in [0.05, 0.1) is 0 Å². The number of hydrogen-bond acceptors (Lipinski definition) is 2. The Morgan fingerprint density at radius 1 is 1.36 bits per heavy atom. The zero-order chi connectivity index (χ0) is 10.3. The highest BCUT2D eigenvalue weighted by Gasteiger charge is 2.27. The van der Waals surface area contributed by atoms with Crippen LogP contribution in [-0.2, 0) is 5.75 Å². The number of thioether (sulfide) groups is 1. The van der Waals surface area contributed by atoms with Gasteiger partial charge in [-0.15, -0.1) is 0 Å². The van der Waals surface area contributed by atoms with E-state index < -0.39 is 0 Å². The van der Waals surface area contributed by atoms with Gasteiger partial charge < -0.3 is 5.73 Å². The van der Waals surface area contributed by atoms with Crippen LogP contribution >= 0.6 is 35.0 Å². The van der Waals surface area contributed by atoms with E-state index in [1.54, 1.807) is 0 Å². The molecule has 1 aliphatic heterocycles. The summed E-state index contributed by atoms with van der Waals surface area (Å²) in [5.41, 5.74) is 8.23. The maximum atomic E-state index is 6.13. The first kappa shape index (κ1) is 10.6. The van der Waals surface area contributed by atoms with Crippen LogP contribution in [0.4, 0.5) is 0 Å². The van der Waals surface area contributed by atoms with Crippen LogP contribution in [0.15, 0.2) is 12.1 Å². The highest BCUT2D eigenvalue weighted by atomic mass is 35.5. The summed E-state index contributed by atoms with van der Waals surface area (Å²) >= 11 is 14.0. The predicted molar refractivity (Wildman–Crippen MR) is 64.1 cm³/mol. The van der Waals surface area contributed by atoms with E-state index in [0.29, 0.717) is 5.25 Å². The van der Waals surface area contributed by atoms with E-state index in [4.69, 9.17) is 28.9 Å². The van der Waals surface area contributed by atoms with E-state index in [1.165, 1.54) is 0 Å². The normalized spacial score (nSPS) is 26.0. The smallest absolute Gasteiger partial charge is 0.0458 e. The van der Waals surface area contributed by atoms with Gasteiger partial charge in [0, 0.05) is 27.1 Å². The van der Waals surface area contributed by atoms with Crippen LogP contribution < -0.4 is 5.73 Å².